The Morgan fingerprint density at radius 1 is 0.432 bits per heavy atom. The van der Waals surface area contributed by atoms with E-state index in [0.717, 1.165) is 66.1 Å². The molecule has 8 aromatic rings. The molecule has 202 valence electrons. The predicted molar refractivity (Wildman–Crippen MR) is 175 cm³/mol. The van der Waals surface area contributed by atoms with E-state index in [1.165, 1.54) is 0 Å². The first-order chi connectivity index (χ1) is 21.7. The molecule has 0 saturated heterocycles. The largest absolute Gasteiger partial charge is 0.308 e. The molecule has 0 spiro atoms. The molecule has 2 aromatic heterocycles. The molecule has 0 atom stereocenters. The Morgan fingerprint density at radius 2 is 1.07 bits per heavy atom. The Bertz CT molecular complexity index is 2600. The molecule has 0 N–H and O–H groups in total. The van der Waals surface area contributed by atoms with Crippen LogP contribution in [-0.4, -0.2) is 9.13 Å². The molecule has 0 aliphatic heterocycles. The van der Waals surface area contributed by atoms with E-state index in [-0.39, 0.29) is 0 Å². The van der Waals surface area contributed by atoms with Crippen molar-refractivity contribution in [3.8, 4) is 40.7 Å². The Morgan fingerprint density at radius 3 is 1.86 bits per heavy atom. The Hall–Kier alpha value is -6.61. The van der Waals surface area contributed by atoms with Gasteiger partial charge in [-0.2, -0.15) is 15.8 Å². The SMILES string of the molecule is N#Cc1ccc(-n2c3ccccc3c3c(-c4ccc5c6ccccc6n(-c6ccccc6C#N)c5c4)cccc32)c(C#N)c1. The zero-order chi connectivity index (χ0) is 29.8. The molecule has 0 aliphatic carbocycles. The van der Waals surface area contributed by atoms with Gasteiger partial charge in [0, 0.05) is 21.5 Å². The summed E-state index contributed by atoms with van der Waals surface area (Å²) in [7, 11) is 0. The fourth-order valence-electron chi connectivity index (χ4n) is 6.57. The lowest BCUT2D eigenvalue weighted by molar-refractivity contribution is 1.16. The van der Waals surface area contributed by atoms with Crippen LogP contribution < -0.4 is 0 Å². The van der Waals surface area contributed by atoms with Crippen LogP contribution >= 0.6 is 0 Å². The van der Waals surface area contributed by atoms with Crippen LogP contribution in [0, 0.1) is 34.0 Å². The lowest BCUT2D eigenvalue weighted by Crippen LogP contribution is -1.98. The number of nitrogens with zero attached hydrogens (tertiary/aromatic N) is 5. The number of rotatable bonds is 3. The third-order valence-corrected chi connectivity index (χ3v) is 8.43. The van der Waals surface area contributed by atoms with Gasteiger partial charge < -0.3 is 9.13 Å². The van der Waals surface area contributed by atoms with Gasteiger partial charge in [0.1, 0.15) is 12.1 Å². The number of benzene rings is 6. The lowest BCUT2D eigenvalue weighted by Gasteiger charge is -2.12. The number of fused-ring (bicyclic) bond motifs is 6. The van der Waals surface area contributed by atoms with Crippen molar-refractivity contribution in [3.05, 3.63) is 144 Å². The van der Waals surface area contributed by atoms with Gasteiger partial charge in [-0.3, -0.25) is 0 Å². The normalized spacial score (nSPS) is 11.1. The zero-order valence-corrected chi connectivity index (χ0v) is 23.4. The molecule has 8 rings (SSSR count). The fourth-order valence-corrected chi connectivity index (χ4v) is 6.57. The second kappa shape index (κ2) is 9.74. The maximum absolute atomic E-state index is 10.0. The highest BCUT2D eigenvalue weighted by atomic mass is 15.0. The third-order valence-electron chi connectivity index (χ3n) is 8.43. The molecule has 0 radical (unpaired) electrons. The Kier molecular flexibility index (Phi) is 5.56. The molecular weight excluding hydrogens is 538 g/mol. The predicted octanol–water partition coefficient (Wildman–Crippen LogP) is 9.16. The smallest absolute Gasteiger partial charge is 0.101 e. The van der Waals surface area contributed by atoms with E-state index >= 15 is 0 Å². The number of hydrogen-bond donors (Lipinski definition) is 0. The van der Waals surface area contributed by atoms with Gasteiger partial charge in [-0.05, 0) is 65.7 Å². The molecule has 0 unspecified atom stereocenters. The van der Waals surface area contributed by atoms with Gasteiger partial charge in [0.05, 0.1) is 56.2 Å². The molecule has 0 amide bonds. The van der Waals surface area contributed by atoms with E-state index in [1.54, 1.807) is 12.1 Å². The van der Waals surface area contributed by atoms with Crippen LogP contribution in [-0.2, 0) is 0 Å². The van der Waals surface area contributed by atoms with E-state index in [1.807, 2.05) is 60.7 Å². The first-order valence-electron chi connectivity index (χ1n) is 14.2. The maximum Gasteiger partial charge on any atom is 0.101 e. The topological polar surface area (TPSA) is 81.2 Å². The van der Waals surface area contributed by atoms with Gasteiger partial charge in [-0.1, -0.05) is 72.8 Å². The molecule has 6 aromatic carbocycles. The quantitative estimate of drug-likeness (QED) is 0.216. The minimum absolute atomic E-state index is 0.444. The van der Waals surface area contributed by atoms with E-state index in [4.69, 9.17) is 0 Å². The minimum Gasteiger partial charge on any atom is -0.308 e. The number of nitriles is 3. The average molecular weight is 560 g/mol. The minimum atomic E-state index is 0.444. The number of aromatic nitrogens is 2. The summed E-state index contributed by atoms with van der Waals surface area (Å²) in [5, 5.41) is 33.8. The summed E-state index contributed by atoms with van der Waals surface area (Å²) in [5.74, 6) is 0. The summed E-state index contributed by atoms with van der Waals surface area (Å²) >= 11 is 0. The number of hydrogen-bond acceptors (Lipinski definition) is 3. The fraction of sp³-hybridized carbons (Fsp3) is 0. The van der Waals surface area contributed by atoms with Gasteiger partial charge >= 0.3 is 0 Å². The molecule has 5 nitrogen and oxygen atoms in total. The van der Waals surface area contributed by atoms with Crippen LogP contribution in [0.25, 0.3) is 66.1 Å². The van der Waals surface area contributed by atoms with Crippen molar-refractivity contribution < 1.29 is 0 Å². The van der Waals surface area contributed by atoms with Gasteiger partial charge in [0.25, 0.3) is 0 Å². The standard InChI is InChI=1S/C39H21N5/c40-22-25-16-19-34(28(20-25)24-42)43-36-14-6-3-10-32(36)39-29(11-7-15-37(39)43)26-17-18-31-30-9-2-5-13-35(30)44(38(31)21-26)33-12-4-1-8-27(33)23-41/h1-21H. The van der Waals surface area contributed by atoms with Crippen LogP contribution in [0.3, 0.4) is 0 Å². The van der Waals surface area contributed by atoms with E-state index in [9.17, 15) is 15.8 Å². The molecule has 0 aliphatic rings. The van der Waals surface area contributed by atoms with Crippen molar-refractivity contribution in [3.63, 3.8) is 0 Å². The number of para-hydroxylation sites is 3. The van der Waals surface area contributed by atoms with Gasteiger partial charge in [0.15, 0.2) is 0 Å². The summed E-state index contributed by atoms with van der Waals surface area (Å²) in [6, 6.07) is 49.1. The Labute approximate surface area is 252 Å². The van der Waals surface area contributed by atoms with Crippen LogP contribution in [0.5, 0.6) is 0 Å². The second-order valence-corrected chi connectivity index (χ2v) is 10.7. The summed E-state index contributed by atoms with van der Waals surface area (Å²) in [4.78, 5) is 0. The van der Waals surface area contributed by atoms with E-state index in [2.05, 4.69) is 81.9 Å². The van der Waals surface area contributed by atoms with Crippen LogP contribution in [0.2, 0.25) is 0 Å². The van der Waals surface area contributed by atoms with Crippen molar-refractivity contribution in [1.29, 1.82) is 15.8 Å². The van der Waals surface area contributed by atoms with E-state index in [0.29, 0.717) is 16.7 Å². The average Bonchev–Trinajstić information content (AvgIpc) is 3.60. The molecule has 44 heavy (non-hydrogen) atoms. The molecule has 0 fully saturated rings. The van der Waals surface area contributed by atoms with Crippen molar-refractivity contribution in [2.24, 2.45) is 0 Å². The summed E-state index contributed by atoms with van der Waals surface area (Å²) < 4.78 is 4.30. The van der Waals surface area contributed by atoms with Crippen LogP contribution in [0.4, 0.5) is 0 Å². The zero-order valence-electron chi connectivity index (χ0n) is 23.4. The highest BCUT2D eigenvalue weighted by molar-refractivity contribution is 6.17. The van der Waals surface area contributed by atoms with Crippen LogP contribution in [0.1, 0.15) is 16.7 Å². The van der Waals surface area contributed by atoms with Gasteiger partial charge in [-0.15, -0.1) is 0 Å². The van der Waals surface area contributed by atoms with Gasteiger partial charge in [0.2, 0.25) is 0 Å². The summed E-state index contributed by atoms with van der Waals surface area (Å²) in [6.07, 6.45) is 0. The van der Waals surface area contributed by atoms with Crippen molar-refractivity contribution >= 4 is 43.6 Å². The summed E-state index contributed by atoms with van der Waals surface area (Å²) in [6.45, 7) is 0. The van der Waals surface area contributed by atoms with Crippen molar-refractivity contribution in [2.75, 3.05) is 0 Å². The van der Waals surface area contributed by atoms with Gasteiger partial charge in [-0.25, -0.2) is 0 Å². The van der Waals surface area contributed by atoms with Crippen LogP contribution in [0.15, 0.2) is 127 Å². The highest BCUT2D eigenvalue weighted by Gasteiger charge is 2.20. The first kappa shape index (κ1) is 25.1. The molecule has 0 bridgehead atoms. The molecule has 5 heteroatoms. The molecule has 0 saturated carbocycles. The molecular formula is C39H21N5. The van der Waals surface area contributed by atoms with Crippen molar-refractivity contribution in [1.82, 2.24) is 9.13 Å². The Balaban J connectivity index is 1.45. The molecule has 2 heterocycles. The maximum atomic E-state index is 10.0. The monoisotopic (exact) mass is 559 g/mol. The summed E-state index contributed by atoms with van der Waals surface area (Å²) in [5.41, 5.74) is 9.22. The highest BCUT2D eigenvalue weighted by Crippen LogP contribution is 2.41. The third kappa shape index (κ3) is 3.56. The van der Waals surface area contributed by atoms with E-state index < -0.39 is 0 Å². The van der Waals surface area contributed by atoms with Crippen molar-refractivity contribution in [2.45, 2.75) is 0 Å². The lowest BCUT2D eigenvalue weighted by atomic mass is 9.98. The first-order valence-corrected chi connectivity index (χ1v) is 14.2. The second-order valence-electron chi connectivity index (χ2n) is 10.7.